The Hall–Kier alpha value is -4.18. The predicted molar refractivity (Wildman–Crippen MR) is 216 cm³/mol. The Labute approximate surface area is 322 Å². The standard InChI is InChI=1S/C42H60N3O8P/c1-11-34(24-39(46)51-41(30(6)7)52-40(47)32(9)53-54(10,49)50-27-33-15-13-12-14-16-33)35-19-22-38(45(25-28(2)3)26-29(4)5)37(23-35)44-42(48)43-36-20-17-31(8)18-21-36/h12-23,28-30,32,34,41H,11,24-27H2,1-10H3,(H2,43,44,48)/t32-,34-,41?,54?/m0/s1. The van der Waals surface area contributed by atoms with Gasteiger partial charge in [0, 0.05) is 31.4 Å². The first-order valence-electron chi connectivity index (χ1n) is 18.8. The number of nitrogens with one attached hydrogen (secondary N) is 2. The van der Waals surface area contributed by atoms with Crippen LogP contribution in [0.3, 0.4) is 0 Å². The molecule has 296 valence electrons. The van der Waals surface area contributed by atoms with Gasteiger partial charge in [-0.25, -0.2) is 9.59 Å². The van der Waals surface area contributed by atoms with E-state index in [1.54, 1.807) is 13.8 Å². The van der Waals surface area contributed by atoms with Gasteiger partial charge in [0.2, 0.25) is 6.29 Å². The molecule has 0 fully saturated rings. The molecule has 0 bridgehead atoms. The van der Waals surface area contributed by atoms with Gasteiger partial charge in [0.1, 0.15) is 0 Å². The smallest absolute Gasteiger partial charge is 0.338 e. The molecule has 0 aliphatic heterocycles. The van der Waals surface area contributed by atoms with Crippen LogP contribution >= 0.6 is 7.60 Å². The predicted octanol–water partition coefficient (Wildman–Crippen LogP) is 10.2. The van der Waals surface area contributed by atoms with Crippen LogP contribution in [0.4, 0.5) is 21.9 Å². The van der Waals surface area contributed by atoms with Crippen molar-refractivity contribution in [3.63, 3.8) is 0 Å². The Bertz CT molecular complexity index is 1690. The number of amides is 2. The third-order valence-electron chi connectivity index (χ3n) is 8.48. The van der Waals surface area contributed by atoms with Crippen molar-refractivity contribution in [2.45, 2.75) is 100 Å². The van der Waals surface area contributed by atoms with E-state index in [1.807, 2.05) is 86.6 Å². The van der Waals surface area contributed by atoms with Crippen LogP contribution in [0.5, 0.6) is 0 Å². The molecule has 0 aliphatic rings. The number of urea groups is 1. The fourth-order valence-electron chi connectivity index (χ4n) is 5.77. The van der Waals surface area contributed by atoms with Gasteiger partial charge >= 0.3 is 25.6 Å². The highest BCUT2D eigenvalue weighted by atomic mass is 31.2. The fraction of sp³-hybridized carbons (Fsp3) is 0.500. The number of benzene rings is 3. The van der Waals surface area contributed by atoms with E-state index in [0.717, 1.165) is 35.5 Å². The number of aryl methyl sites for hydroxylation is 1. The van der Waals surface area contributed by atoms with Gasteiger partial charge in [0.05, 0.1) is 24.4 Å². The van der Waals surface area contributed by atoms with Crippen LogP contribution in [0.1, 0.15) is 90.8 Å². The van der Waals surface area contributed by atoms with E-state index in [4.69, 9.17) is 18.5 Å². The van der Waals surface area contributed by atoms with Crippen LogP contribution in [0.15, 0.2) is 72.8 Å². The number of hydrogen-bond donors (Lipinski definition) is 2. The second-order valence-corrected chi connectivity index (χ2v) is 17.1. The molecule has 2 N–H and O–H groups in total. The SMILES string of the molecule is CC[C@@H](CC(=O)OC(OC(=O)[C@H](C)OP(C)(=O)OCc1ccccc1)C(C)C)c1ccc(N(CC(C)C)CC(C)C)c(NC(=O)Nc2ccc(C)cc2)c1. The van der Waals surface area contributed by atoms with E-state index in [0.29, 0.717) is 29.6 Å². The average Bonchev–Trinajstić information content (AvgIpc) is 3.10. The van der Waals surface area contributed by atoms with Crippen LogP contribution in [-0.4, -0.2) is 50.1 Å². The quantitative estimate of drug-likeness (QED) is 0.0655. The van der Waals surface area contributed by atoms with E-state index in [-0.39, 0.29) is 30.9 Å². The first-order valence-corrected chi connectivity index (χ1v) is 20.8. The van der Waals surface area contributed by atoms with Crippen molar-refractivity contribution >= 4 is 42.6 Å². The molecule has 12 heteroatoms. The second kappa shape index (κ2) is 21.1. The molecular formula is C42H60N3O8P. The molecule has 11 nitrogen and oxygen atoms in total. The van der Waals surface area contributed by atoms with Crippen molar-refractivity contribution in [2.75, 3.05) is 35.3 Å². The van der Waals surface area contributed by atoms with Crippen molar-refractivity contribution in [1.29, 1.82) is 0 Å². The van der Waals surface area contributed by atoms with Gasteiger partial charge in [-0.05, 0) is 73.4 Å². The normalized spacial score (nSPS) is 14.2. The van der Waals surface area contributed by atoms with Gasteiger partial charge in [-0.2, -0.15) is 0 Å². The zero-order valence-electron chi connectivity index (χ0n) is 33.6. The molecule has 0 heterocycles. The maximum absolute atomic E-state index is 13.4. The van der Waals surface area contributed by atoms with Gasteiger partial charge < -0.3 is 29.5 Å². The second-order valence-electron chi connectivity index (χ2n) is 15.0. The summed E-state index contributed by atoms with van der Waals surface area (Å²) in [5, 5.41) is 6.00. The molecule has 54 heavy (non-hydrogen) atoms. The lowest BCUT2D eigenvalue weighted by Crippen LogP contribution is -2.34. The summed E-state index contributed by atoms with van der Waals surface area (Å²) in [4.78, 5) is 42.0. The Kier molecular flexibility index (Phi) is 17.2. The molecule has 0 aliphatic carbocycles. The van der Waals surface area contributed by atoms with Crippen molar-refractivity contribution in [1.82, 2.24) is 0 Å². The van der Waals surface area contributed by atoms with Crippen molar-refractivity contribution in [3.05, 3.63) is 89.5 Å². The minimum absolute atomic E-state index is 0.0108. The summed E-state index contributed by atoms with van der Waals surface area (Å²) < 4.78 is 35.2. The molecule has 3 aromatic carbocycles. The Morgan fingerprint density at radius 3 is 2.02 bits per heavy atom. The van der Waals surface area contributed by atoms with Gasteiger partial charge in [-0.15, -0.1) is 0 Å². The van der Waals surface area contributed by atoms with E-state index in [2.05, 4.69) is 43.2 Å². The van der Waals surface area contributed by atoms with Gasteiger partial charge in [0.25, 0.3) is 0 Å². The number of rotatable bonds is 20. The summed E-state index contributed by atoms with van der Waals surface area (Å²) in [5.41, 5.74) is 4.95. The zero-order chi connectivity index (χ0) is 40.0. The summed E-state index contributed by atoms with van der Waals surface area (Å²) in [5.74, 6) is -1.24. The summed E-state index contributed by atoms with van der Waals surface area (Å²) in [6.45, 7) is 20.5. The van der Waals surface area contributed by atoms with E-state index in [9.17, 15) is 18.9 Å². The minimum Gasteiger partial charge on any atom is -0.425 e. The Morgan fingerprint density at radius 2 is 1.44 bits per heavy atom. The first-order chi connectivity index (χ1) is 25.5. The number of nitrogens with zero attached hydrogens (tertiary/aromatic N) is 1. The number of esters is 2. The summed E-state index contributed by atoms with van der Waals surface area (Å²) in [7, 11) is -3.62. The molecule has 0 aromatic heterocycles. The lowest BCUT2D eigenvalue weighted by atomic mass is 9.92. The molecule has 0 saturated carbocycles. The highest BCUT2D eigenvalue weighted by Crippen LogP contribution is 2.46. The Balaban J connectivity index is 1.75. The van der Waals surface area contributed by atoms with Gasteiger partial charge in [-0.3, -0.25) is 13.9 Å². The molecule has 0 spiro atoms. The molecular weight excluding hydrogens is 705 g/mol. The van der Waals surface area contributed by atoms with E-state index in [1.165, 1.54) is 13.6 Å². The van der Waals surface area contributed by atoms with Crippen molar-refractivity contribution in [3.8, 4) is 0 Å². The largest absolute Gasteiger partial charge is 0.425 e. The van der Waals surface area contributed by atoms with Gasteiger partial charge in [-0.1, -0.05) is 103 Å². The monoisotopic (exact) mass is 765 g/mol. The minimum atomic E-state index is -3.62. The molecule has 3 rings (SSSR count). The Morgan fingerprint density at radius 1 is 0.815 bits per heavy atom. The molecule has 4 atom stereocenters. The molecule has 3 aromatic rings. The average molecular weight is 766 g/mol. The number of carbonyl (C=O) groups is 3. The third-order valence-corrected chi connectivity index (χ3v) is 9.78. The van der Waals surface area contributed by atoms with Crippen LogP contribution in [0.2, 0.25) is 0 Å². The topological polar surface area (TPSA) is 132 Å². The van der Waals surface area contributed by atoms with Crippen LogP contribution in [-0.2, 0) is 39.3 Å². The maximum atomic E-state index is 13.4. The molecule has 0 radical (unpaired) electrons. The summed E-state index contributed by atoms with van der Waals surface area (Å²) >= 11 is 0. The number of carbonyl (C=O) groups excluding carboxylic acids is 3. The highest BCUT2D eigenvalue weighted by Gasteiger charge is 2.31. The summed E-state index contributed by atoms with van der Waals surface area (Å²) in [6, 6.07) is 22.3. The number of hydrogen-bond acceptors (Lipinski definition) is 9. The van der Waals surface area contributed by atoms with E-state index >= 15 is 0 Å². The third kappa shape index (κ3) is 14.9. The van der Waals surface area contributed by atoms with Crippen LogP contribution in [0, 0.1) is 24.7 Å². The highest BCUT2D eigenvalue weighted by molar-refractivity contribution is 7.53. The fourth-order valence-corrected chi connectivity index (χ4v) is 6.87. The van der Waals surface area contributed by atoms with Crippen molar-refractivity contribution in [2.24, 2.45) is 17.8 Å². The van der Waals surface area contributed by atoms with Crippen LogP contribution in [0.25, 0.3) is 0 Å². The number of ether oxygens (including phenoxy) is 2. The molecule has 2 amide bonds. The van der Waals surface area contributed by atoms with Crippen molar-refractivity contribution < 1.29 is 37.5 Å². The molecule has 2 unspecified atom stereocenters. The van der Waals surface area contributed by atoms with Gasteiger partial charge in [0.15, 0.2) is 6.10 Å². The van der Waals surface area contributed by atoms with Crippen LogP contribution < -0.4 is 15.5 Å². The van der Waals surface area contributed by atoms with E-state index < -0.39 is 31.9 Å². The maximum Gasteiger partial charge on any atom is 0.338 e. The lowest BCUT2D eigenvalue weighted by molar-refractivity contribution is -0.200. The summed E-state index contributed by atoms with van der Waals surface area (Å²) in [6.07, 6.45) is -1.81. The zero-order valence-corrected chi connectivity index (χ0v) is 34.5. The molecule has 0 saturated heterocycles. The number of anilines is 3. The lowest BCUT2D eigenvalue weighted by Gasteiger charge is -2.31. The first kappa shape index (κ1) is 44.2.